The average molecular weight is 580 g/mol. The zero-order chi connectivity index (χ0) is 28.3. The van der Waals surface area contributed by atoms with Gasteiger partial charge in [0, 0.05) is 24.7 Å². The molecular formula is C27H31ClFN3O6S. The molecule has 2 unspecified atom stereocenters. The Hall–Kier alpha value is -3.02. The fourth-order valence-corrected chi connectivity index (χ4v) is 7.19. The number of rotatable bonds is 8. The molecule has 2 atom stereocenters. The molecule has 39 heavy (non-hydrogen) atoms. The van der Waals surface area contributed by atoms with Gasteiger partial charge in [0.25, 0.3) is 11.8 Å². The van der Waals surface area contributed by atoms with E-state index >= 15 is 0 Å². The summed E-state index contributed by atoms with van der Waals surface area (Å²) in [6, 6.07) is 8.92. The number of nitrogens with one attached hydrogen (secondary N) is 1. The van der Waals surface area contributed by atoms with E-state index in [-0.39, 0.29) is 35.9 Å². The van der Waals surface area contributed by atoms with Crippen LogP contribution in [0.3, 0.4) is 0 Å². The molecule has 0 bridgehead atoms. The summed E-state index contributed by atoms with van der Waals surface area (Å²) in [6.07, 6.45) is 2.42. The van der Waals surface area contributed by atoms with Crippen molar-refractivity contribution in [3.63, 3.8) is 0 Å². The third-order valence-electron chi connectivity index (χ3n) is 7.33. The molecule has 1 heterocycles. The number of amides is 2. The molecule has 2 aromatic carbocycles. The Morgan fingerprint density at radius 3 is 2.46 bits per heavy atom. The van der Waals surface area contributed by atoms with E-state index in [0.29, 0.717) is 0 Å². The first-order valence-corrected chi connectivity index (χ1v) is 14.7. The first-order valence-electron chi connectivity index (χ1n) is 12.9. The fourth-order valence-electron chi connectivity index (χ4n) is 5.38. The average Bonchev–Trinajstić information content (AvgIpc) is 3.36. The van der Waals surface area contributed by atoms with Gasteiger partial charge in [0.05, 0.1) is 16.3 Å². The lowest BCUT2D eigenvalue weighted by molar-refractivity contribution is -0.138. The Kier molecular flexibility index (Phi) is 8.93. The SMILES string of the molecule is Cc1cccc(C(=O)N2CCN(S(=O)(=O)c3ccc(F)c(Cl)c3)C2C(=O)NC(CC(=O)O)C2CCCCC2)c1. The van der Waals surface area contributed by atoms with Gasteiger partial charge in [-0.1, -0.05) is 48.6 Å². The summed E-state index contributed by atoms with van der Waals surface area (Å²) in [5.74, 6) is -3.30. The number of halogens is 2. The summed E-state index contributed by atoms with van der Waals surface area (Å²) >= 11 is 5.85. The largest absolute Gasteiger partial charge is 0.481 e. The van der Waals surface area contributed by atoms with Crippen LogP contribution in [0, 0.1) is 18.7 Å². The highest BCUT2D eigenvalue weighted by atomic mass is 35.5. The Labute approximate surface area is 232 Å². The molecule has 0 radical (unpaired) electrons. The van der Waals surface area contributed by atoms with Crippen LogP contribution in [0.2, 0.25) is 5.02 Å². The van der Waals surface area contributed by atoms with Crippen molar-refractivity contribution in [3.05, 3.63) is 64.4 Å². The highest BCUT2D eigenvalue weighted by molar-refractivity contribution is 7.89. The highest BCUT2D eigenvalue weighted by Gasteiger charge is 2.47. The lowest BCUT2D eigenvalue weighted by Crippen LogP contribution is -2.56. The lowest BCUT2D eigenvalue weighted by Gasteiger charge is -2.34. The first-order chi connectivity index (χ1) is 18.5. The quantitative estimate of drug-likeness (QED) is 0.490. The number of carbonyl (C=O) groups is 3. The van der Waals surface area contributed by atoms with Crippen LogP contribution in [0.15, 0.2) is 47.4 Å². The number of benzene rings is 2. The smallest absolute Gasteiger partial charge is 0.305 e. The van der Waals surface area contributed by atoms with Gasteiger partial charge in [-0.15, -0.1) is 0 Å². The molecule has 9 nitrogen and oxygen atoms in total. The van der Waals surface area contributed by atoms with Crippen molar-refractivity contribution in [3.8, 4) is 0 Å². The van der Waals surface area contributed by atoms with Crippen LogP contribution < -0.4 is 5.32 Å². The summed E-state index contributed by atoms with van der Waals surface area (Å²) in [6.45, 7) is 1.53. The van der Waals surface area contributed by atoms with Gasteiger partial charge in [0.1, 0.15) is 5.82 Å². The van der Waals surface area contributed by atoms with Crippen molar-refractivity contribution >= 4 is 39.4 Å². The third-order valence-corrected chi connectivity index (χ3v) is 9.47. The molecule has 2 N–H and O–H groups in total. The summed E-state index contributed by atoms with van der Waals surface area (Å²) in [5.41, 5.74) is 1.09. The number of aliphatic carboxylic acids is 1. The van der Waals surface area contributed by atoms with Gasteiger partial charge in [0.15, 0.2) is 6.17 Å². The number of nitrogens with zero attached hydrogens (tertiary/aromatic N) is 2. The van der Waals surface area contributed by atoms with E-state index in [2.05, 4.69) is 5.32 Å². The normalized spacial score (nSPS) is 19.6. The molecule has 4 rings (SSSR count). The van der Waals surface area contributed by atoms with Gasteiger partial charge in [-0.2, -0.15) is 4.31 Å². The van der Waals surface area contributed by atoms with Gasteiger partial charge in [-0.05, 0) is 56.0 Å². The lowest BCUT2D eigenvalue weighted by atomic mass is 9.82. The summed E-state index contributed by atoms with van der Waals surface area (Å²) < 4.78 is 42.0. The minimum atomic E-state index is -4.40. The number of aryl methyl sites for hydroxylation is 1. The maximum absolute atomic E-state index is 13.8. The molecule has 2 fully saturated rings. The standard InChI is InChI=1S/C27H31ClFN3O6S/c1-17-6-5-9-19(14-17)27(36)31-12-13-32(39(37,38)20-10-11-22(29)21(28)15-20)26(31)25(35)30-23(16-24(33)34)18-7-3-2-4-8-18/h5-6,9-11,14-15,18,23,26H,2-4,7-8,12-13,16H2,1H3,(H,30,35)(H,33,34). The van der Waals surface area contributed by atoms with Crippen LogP contribution in [0.5, 0.6) is 0 Å². The maximum atomic E-state index is 13.8. The number of hydrogen-bond donors (Lipinski definition) is 2. The van der Waals surface area contributed by atoms with E-state index in [1.807, 2.05) is 0 Å². The molecule has 1 saturated carbocycles. The van der Waals surface area contributed by atoms with Crippen molar-refractivity contribution in [1.82, 2.24) is 14.5 Å². The molecule has 210 valence electrons. The number of hydrogen-bond acceptors (Lipinski definition) is 5. The minimum Gasteiger partial charge on any atom is -0.481 e. The molecular weight excluding hydrogens is 549 g/mol. The molecule has 1 aliphatic carbocycles. The van der Waals surface area contributed by atoms with Crippen molar-refractivity contribution < 1.29 is 32.3 Å². The van der Waals surface area contributed by atoms with Crippen molar-refractivity contribution in [2.45, 2.75) is 62.6 Å². The minimum absolute atomic E-state index is 0.0773. The zero-order valence-corrected chi connectivity index (χ0v) is 23.0. The summed E-state index contributed by atoms with van der Waals surface area (Å²) in [5, 5.41) is 11.9. The molecule has 0 spiro atoms. The van der Waals surface area contributed by atoms with Crippen LogP contribution in [-0.4, -0.2) is 65.8 Å². The van der Waals surface area contributed by atoms with E-state index in [1.54, 1.807) is 31.2 Å². The molecule has 1 saturated heterocycles. The number of carboxylic acids is 1. The zero-order valence-electron chi connectivity index (χ0n) is 21.5. The Morgan fingerprint density at radius 2 is 1.82 bits per heavy atom. The Bertz CT molecular complexity index is 1370. The maximum Gasteiger partial charge on any atom is 0.305 e. The number of carbonyl (C=O) groups excluding carboxylic acids is 2. The van der Waals surface area contributed by atoms with Crippen LogP contribution in [0.1, 0.15) is 54.4 Å². The van der Waals surface area contributed by atoms with Gasteiger partial charge in [-0.3, -0.25) is 14.4 Å². The van der Waals surface area contributed by atoms with E-state index in [4.69, 9.17) is 11.6 Å². The predicted molar refractivity (Wildman–Crippen MR) is 142 cm³/mol. The van der Waals surface area contributed by atoms with Crippen LogP contribution >= 0.6 is 11.6 Å². The third kappa shape index (κ3) is 6.42. The topological polar surface area (TPSA) is 124 Å². The van der Waals surface area contributed by atoms with Crippen LogP contribution in [0.4, 0.5) is 4.39 Å². The second-order valence-electron chi connectivity index (χ2n) is 10.0. The van der Waals surface area contributed by atoms with Gasteiger partial charge in [-0.25, -0.2) is 12.8 Å². The van der Waals surface area contributed by atoms with E-state index in [9.17, 15) is 32.3 Å². The Morgan fingerprint density at radius 1 is 1.10 bits per heavy atom. The molecule has 2 aliphatic rings. The molecule has 1 aliphatic heterocycles. The van der Waals surface area contributed by atoms with Crippen molar-refractivity contribution in [2.75, 3.05) is 13.1 Å². The highest BCUT2D eigenvalue weighted by Crippen LogP contribution is 2.31. The van der Waals surface area contributed by atoms with Gasteiger partial charge < -0.3 is 15.3 Å². The van der Waals surface area contributed by atoms with Gasteiger partial charge in [0.2, 0.25) is 10.0 Å². The van der Waals surface area contributed by atoms with Crippen molar-refractivity contribution in [1.29, 1.82) is 0 Å². The van der Waals surface area contributed by atoms with Crippen molar-refractivity contribution in [2.24, 2.45) is 5.92 Å². The molecule has 0 aromatic heterocycles. The molecule has 2 amide bonds. The van der Waals surface area contributed by atoms with Crippen LogP contribution in [-0.2, 0) is 19.6 Å². The first kappa shape index (κ1) is 29.0. The monoisotopic (exact) mass is 579 g/mol. The Balaban J connectivity index is 1.71. The predicted octanol–water partition coefficient (Wildman–Crippen LogP) is 3.80. The van der Waals surface area contributed by atoms with Gasteiger partial charge >= 0.3 is 5.97 Å². The second-order valence-corrected chi connectivity index (χ2v) is 12.3. The van der Waals surface area contributed by atoms with E-state index in [0.717, 1.165) is 60.2 Å². The summed E-state index contributed by atoms with van der Waals surface area (Å²) in [7, 11) is -4.40. The van der Waals surface area contributed by atoms with E-state index < -0.39 is 50.9 Å². The molecule has 2 aromatic rings. The van der Waals surface area contributed by atoms with E-state index in [1.165, 1.54) is 4.90 Å². The molecule has 12 heteroatoms. The number of carboxylic acid groups (broad SMARTS) is 1. The van der Waals surface area contributed by atoms with Crippen LogP contribution in [0.25, 0.3) is 0 Å². The second kappa shape index (κ2) is 12.0. The number of sulfonamides is 1. The fraction of sp³-hybridized carbons (Fsp3) is 0.444. The summed E-state index contributed by atoms with van der Waals surface area (Å²) in [4.78, 5) is 39.9.